The van der Waals surface area contributed by atoms with Crippen LogP contribution in [0.15, 0.2) is 83.9 Å². The maximum atomic E-state index is 15.2. The predicted octanol–water partition coefficient (Wildman–Crippen LogP) is 5.36. The van der Waals surface area contributed by atoms with E-state index in [1.54, 1.807) is 4.90 Å². The Morgan fingerprint density at radius 3 is 2.51 bits per heavy atom. The lowest BCUT2D eigenvalue weighted by Gasteiger charge is -2.35. The zero-order valence-electron chi connectivity index (χ0n) is 36.4. The molecule has 4 aromatic carbocycles. The number of aromatic nitrogens is 2. The maximum absolute atomic E-state index is 15.2. The molecule has 346 valence electrons. The van der Waals surface area contributed by atoms with E-state index in [2.05, 4.69) is 37.0 Å². The molecular weight excluding hydrogens is 885 g/mol. The van der Waals surface area contributed by atoms with E-state index in [0.717, 1.165) is 85.2 Å². The molecule has 10 rings (SSSR count). The summed E-state index contributed by atoms with van der Waals surface area (Å²) in [6.45, 7) is 4.60. The van der Waals surface area contributed by atoms with Crippen LogP contribution in [-0.4, -0.2) is 108 Å². The molecule has 4 fully saturated rings. The first-order chi connectivity index (χ1) is 32.3. The van der Waals surface area contributed by atoms with Gasteiger partial charge in [-0.3, -0.25) is 33.8 Å². The molecule has 67 heavy (non-hydrogen) atoms. The molecule has 0 unspecified atom stereocenters. The molecule has 5 aliphatic rings. The normalized spacial score (nSPS) is 21.7. The molecule has 0 spiro atoms. The average molecular weight is 932 g/mol. The van der Waals surface area contributed by atoms with Crippen molar-refractivity contribution in [3.05, 3.63) is 118 Å². The van der Waals surface area contributed by atoms with Crippen molar-refractivity contribution in [2.75, 3.05) is 55.4 Å². The van der Waals surface area contributed by atoms with Gasteiger partial charge in [-0.15, -0.1) is 0 Å². The van der Waals surface area contributed by atoms with Gasteiger partial charge >= 0.3 is 10.2 Å². The smallest absolute Gasteiger partial charge is 0.301 e. The van der Waals surface area contributed by atoms with Crippen LogP contribution in [0.3, 0.4) is 0 Å². The van der Waals surface area contributed by atoms with E-state index in [-0.39, 0.29) is 60.5 Å². The topological polar surface area (TPSA) is 190 Å². The van der Waals surface area contributed by atoms with Crippen molar-refractivity contribution in [2.45, 2.75) is 63.2 Å². The van der Waals surface area contributed by atoms with Gasteiger partial charge in [-0.05, 0) is 122 Å². The van der Waals surface area contributed by atoms with Gasteiger partial charge in [-0.25, -0.2) is 13.8 Å². The second-order valence-electron chi connectivity index (χ2n) is 18.0. The van der Waals surface area contributed by atoms with E-state index in [1.165, 1.54) is 29.1 Å². The Labute approximate surface area is 384 Å². The Morgan fingerprint density at radius 2 is 1.73 bits per heavy atom. The first-order valence-electron chi connectivity index (χ1n) is 22.5. The number of benzene rings is 4. The average Bonchev–Trinajstić information content (AvgIpc) is 4.07. The first kappa shape index (κ1) is 44.1. The molecule has 5 aromatic rings. The van der Waals surface area contributed by atoms with Gasteiger partial charge in [-0.2, -0.15) is 18.0 Å². The third-order valence-electron chi connectivity index (χ3n) is 13.7. The van der Waals surface area contributed by atoms with Gasteiger partial charge in [0, 0.05) is 63.5 Å². The number of ether oxygens (including phenoxy) is 1. The fourth-order valence-corrected chi connectivity index (χ4v) is 11.4. The third-order valence-corrected chi connectivity index (χ3v) is 15.2. The lowest BCUT2D eigenvalue weighted by molar-refractivity contribution is -0.136. The van der Waals surface area contributed by atoms with Crippen LogP contribution in [0.4, 0.5) is 20.2 Å². The number of imide groups is 1. The number of hydrogen-bond donors (Lipinski definition) is 2. The molecule has 1 aromatic heterocycles. The van der Waals surface area contributed by atoms with Crippen molar-refractivity contribution in [2.24, 2.45) is 5.92 Å². The summed E-state index contributed by atoms with van der Waals surface area (Å²) in [5.74, 6) is -1.56. The van der Waals surface area contributed by atoms with Gasteiger partial charge in [0.25, 0.3) is 11.5 Å². The Bertz CT molecular complexity index is 3040. The zero-order chi connectivity index (χ0) is 46.6. The Hall–Kier alpha value is -6.75. The molecule has 5 aliphatic heterocycles. The first-order valence-corrected chi connectivity index (χ1v) is 23.9. The molecule has 0 saturated carbocycles. The fourth-order valence-electron chi connectivity index (χ4n) is 10.1. The van der Waals surface area contributed by atoms with E-state index in [9.17, 15) is 37.2 Å². The number of piperidine rings is 2. The summed E-state index contributed by atoms with van der Waals surface area (Å²) >= 11 is 0. The van der Waals surface area contributed by atoms with Crippen LogP contribution in [-0.2, 0) is 26.3 Å². The maximum Gasteiger partial charge on any atom is 0.301 e. The molecule has 3 amide bonds. The Balaban J connectivity index is 0.772. The number of carbonyl (C=O) groups excluding carboxylic acids is 3. The number of nitriles is 1. The van der Waals surface area contributed by atoms with Gasteiger partial charge in [0.1, 0.15) is 35.9 Å². The number of carbonyl (C=O) groups is 3. The molecule has 16 nitrogen and oxygen atoms in total. The molecule has 0 bridgehead atoms. The minimum atomic E-state index is -4.24. The molecule has 2 N–H and O–H groups in total. The zero-order valence-corrected chi connectivity index (χ0v) is 37.2. The van der Waals surface area contributed by atoms with Gasteiger partial charge in [0.15, 0.2) is 11.6 Å². The fraction of sp³-hybridized carbons (Fsp3) is 0.375. The minimum Gasteiger partial charge on any atom is -0.453 e. The number of amides is 3. The van der Waals surface area contributed by atoms with Crippen LogP contribution in [0, 0.1) is 23.1 Å². The Kier molecular flexibility index (Phi) is 11.7. The van der Waals surface area contributed by atoms with E-state index >= 15 is 4.39 Å². The lowest BCUT2D eigenvalue weighted by atomic mass is 9.95. The highest BCUT2D eigenvalue weighted by Gasteiger charge is 2.40. The van der Waals surface area contributed by atoms with E-state index in [0.29, 0.717) is 35.7 Å². The molecule has 6 heterocycles. The number of rotatable bonds is 11. The second-order valence-corrected chi connectivity index (χ2v) is 19.6. The highest BCUT2D eigenvalue weighted by Crippen LogP contribution is 2.37. The number of anilines is 2. The number of fused-ring (bicyclic) bond motifs is 2. The van der Waals surface area contributed by atoms with Gasteiger partial charge in [0.2, 0.25) is 11.8 Å². The minimum absolute atomic E-state index is 0.0193. The SMILES string of the molecule is N#Cc1c(NS(=O)(=O)N2CC[C@@H](F)C2)ccc(F)c1Oc1ccc2ncn(-c3cccc([C@H]4CCN(CC5CCN(c6ccc7c(c6)CN([C@H]6CCC(=O)NC6=O)C7=O)CC5)C4)c3)c(=O)c2c1. The van der Waals surface area contributed by atoms with Gasteiger partial charge in [0.05, 0.1) is 22.3 Å². The number of alkyl halides is 1. The number of nitrogens with one attached hydrogen (secondary N) is 2. The lowest BCUT2D eigenvalue weighted by Crippen LogP contribution is -2.52. The molecular formula is C48H47F2N9O7S. The van der Waals surface area contributed by atoms with Gasteiger partial charge in [-0.1, -0.05) is 12.1 Å². The third kappa shape index (κ3) is 8.72. The quantitative estimate of drug-likeness (QED) is 0.162. The summed E-state index contributed by atoms with van der Waals surface area (Å²) in [5.41, 5.74) is 3.62. The van der Waals surface area contributed by atoms with Crippen LogP contribution in [0.25, 0.3) is 16.6 Å². The standard InChI is InChI=1S/C48H47F2N9O7S/c49-33-15-19-57(27-33)67(64,65)54-42-9-7-40(50)45(39(42)23-51)66-36-5-8-41-38(22-36)48(63)59(28-52-41)35-3-1-2-30(20-35)31-14-16-55(25-31)24-29-12-17-56(18-13-29)34-4-6-37-32(21-34)26-58(47(37)62)43-10-11-44(60)53-46(43)61/h1-9,20-22,28-29,31,33,43,54H,10-19,24-27H2,(H,53,60,61)/t31-,33+,43-/m0/s1. The monoisotopic (exact) mass is 931 g/mol. The predicted molar refractivity (Wildman–Crippen MR) is 243 cm³/mol. The molecule has 19 heteroatoms. The van der Waals surface area contributed by atoms with Crippen LogP contribution < -0.4 is 25.2 Å². The van der Waals surface area contributed by atoms with E-state index < -0.39 is 51.0 Å². The van der Waals surface area contributed by atoms with Crippen LogP contribution in [0.2, 0.25) is 0 Å². The van der Waals surface area contributed by atoms with Crippen molar-refractivity contribution in [1.29, 1.82) is 5.26 Å². The van der Waals surface area contributed by atoms with Crippen molar-refractivity contribution in [3.8, 4) is 23.3 Å². The summed E-state index contributed by atoms with van der Waals surface area (Å²) in [6, 6.07) is 21.4. The Morgan fingerprint density at radius 1 is 0.896 bits per heavy atom. The van der Waals surface area contributed by atoms with Gasteiger partial charge < -0.3 is 19.4 Å². The number of halogens is 2. The van der Waals surface area contributed by atoms with E-state index in [4.69, 9.17) is 4.74 Å². The molecule has 0 radical (unpaired) electrons. The second kappa shape index (κ2) is 17.8. The van der Waals surface area contributed by atoms with E-state index in [1.807, 2.05) is 36.4 Å². The number of likely N-dealkylation sites (tertiary alicyclic amines) is 1. The summed E-state index contributed by atoms with van der Waals surface area (Å²) < 4.78 is 65.4. The van der Waals surface area contributed by atoms with Crippen molar-refractivity contribution < 1.29 is 36.3 Å². The van der Waals surface area contributed by atoms with Crippen LogP contribution in [0.1, 0.15) is 71.5 Å². The summed E-state index contributed by atoms with van der Waals surface area (Å²) in [7, 11) is -4.24. The number of nitrogens with zero attached hydrogens (tertiary/aromatic N) is 7. The molecule has 0 aliphatic carbocycles. The van der Waals surface area contributed by atoms with Crippen LogP contribution in [0.5, 0.6) is 11.5 Å². The van der Waals surface area contributed by atoms with Crippen molar-refractivity contribution >= 4 is 50.2 Å². The number of hydrogen-bond acceptors (Lipinski definition) is 11. The largest absolute Gasteiger partial charge is 0.453 e. The van der Waals surface area contributed by atoms with Crippen molar-refractivity contribution in [1.82, 2.24) is 29.0 Å². The summed E-state index contributed by atoms with van der Waals surface area (Å²) in [6.07, 6.45) is 3.78. The van der Waals surface area contributed by atoms with Crippen molar-refractivity contribution in [3.63, 3.8) is 0 Å². The highest BCUT2D eigenvalue weighted by molar-refractivity contribution is 7.90. The molecule has 4 saturated heterocycles. The summed E-state index contributed by atoms with van der Waals surface area (Å²) in [4.78, 5) is 62.4. The summed E-state index contributed by atoms with van der Waals surface area (Å²) in [5, 5.41) is 12.5. The molecule has 3 atom stereocenters. The van der Waals surface area contributed by atoms with Crippen LogP contribution >= 0.6 is 0 Å². The highest BCUT2D eigenvalue weighted by atomic mass is 32.2.